The van der Waals surface area contributed by atoms with Crippen LogP contribution < -0.4 is 0 Å². The summed E-state index contributed by atoms with van der Waals surface area (Å²) in [6, 6.07) is 19.1. The zero-order valence-corrected chi connectivity index (χ0v) is 11.8. The van der Waals surface area contributed by atoms with Crippen LogP contribution in [-0.4, -0.2) is 14.2 Å². The normalized spacial score (nSPS) is 13.1. The van der Waals surface area contributed by atoms with Gasteiger partial charge in [0.25, 0.3) is 0 Å². The third-order valence-corrected chi connectivity index (χ3v) is 4.88. The van der Waals surface area contributed by atoms with Crippen LogP contribution in [0.5, 0.6) is 0 Å². The van der Waals surface area contributed by atoms with Gasteiger partial charge in [-0.05, 0) is 17.0 Å². The number of sulfone groups is 1. The second kappa shape index (κ2) is 6.02. The molecule has 1 atom stereocenters. The summed E-state index contributed by atoms with van der Waals surface area (Å²) in [5.41, 5.74) is 1.92. The Morgan fingerprint density at radius 2 is 1.42 bits per heavy atom. The fraction of sp³-hybridized carbons (Fsp3) is 0.250. The number of hydrogen-bond acceptors (Lipinski definition) is 2. The molecular weight excluding hydrogens is 256 g/mol. The van der Waals surface area contributed by atoms with Crippen molar-refractivity contribution in [2.75, 3.05) is 5.75 Å². The van der Waals surface area contributed by atoms with Crippen molar-refractivity contribution in [3.63, 3.8) is 0 Å². The van der Waals surface area contributed by atoms with E-state index < -0.39 is 9.84 Å². The Bertz CT molecular complexity index is 604. The van der Waals surface area contributed by atoms with Crippen LogP contribution in [0.25, 0.3) is 0 Å². The fourth-order valence-electron chi connectivity index (χ4n) is 2.15. The van der Waals surface area contributed by atoms with Crippen molar-refractivity contribution in [2.45, 2.75) is 18.6 Å². The van der Waals surface area contributed by atoms with Crippen LogP contribution in [0, 0.1) is 0 Å². The Hall–Kier alpha value is -1.61. The maximum Gasteiger partial charge on any atom is 0.155 e. The monoisotopic (exact) mass is 274 g/mol. The van der Waals surface area contributed by atoms with Crippen molar-refractivity contribution in [2.24, 2.45) is 0 Å². The van der Waals surface area contributed by atoms with E-state index in [0.717, 1.165) is 11.1 Å². The molecule has 0 spiro atoms. The Morgan fingerprint density at radius 3 is 2.00 bits per heavy atom. The van der Waals surface area contributed by atoms with E-state index in [1.807, 2.05) is 67.6 Å². The first-order valence-corrected chi connectivity index (χ1v) is 8.18. The lowest BCUT2D eigenvalue weighted by Gasteiger charge is -2.12. The molecule has 0 N–H and O–H groups in total. The minimum Gasteiger partial charge on any atom is -0.228 e. The molecule has 0 heterocycles. The van der Waals surface area contributed by atoms with Crippen LogP contribution in [0.3, 0.4) is 0 Å². The number of hydrogen-bond donors (Lipinski definition) is 0. The average molecular weight is 274 g/mol. The second-order valence-corrected chi connectivity index (χ2v) is 6.96. The Morgan fingerprint density at radius 1 is 0.895 bits per heavy atom. The molecule has 0 aliphatic rings. The summed E-state index contributed by atoms with van der Waals surface area (Å²) in [5, 5.41) is 0. The third kappa shape index (κ3) is 4.21. The van der Waals surface area contributed by atoms with Gasteiger partial charge in [-0.25, -0.2) is 8.42 Å². The Labute approximate surface area is 115 Å². The van der Waals surface area contributed by atoms with Crippen LogP contribution in [0.4, 0.5) is 0 Å². The van der Waals surface area contributed by atoms with Gasteiger partial charge in [0, 0.05) is 0 Å². The van der Waals surface area contributed by atoms with Gasteiger partial charge in [0.15, 0.2) is 9.84 Å². The van der Waals surface area contributed by atoms with Gasteiger partial charge in [0.2, 0.25) is 0 Å². The lowest BCUT2D eigenvalue weighted by molar-refractivity contribution is 0.589. The maximum absolute atomic E-state index is 12.2. The zero-order valence-electron chi connectivity index (χ0n) is 11.0. The van der Waals surface area contributed by atoms with Crippen LogP contribution in [0.15, 0.2) is 60.7 Å². The quantitative estimate of drug-likeness (QED) is 0.837. The predicted octanol–water partition coefficient (Wildman–Crippen LogP) is 3.41. The van der Waals surface area contributed by atoms with Gasteiger partial charge in [-0.15, -0.1) is 0 Å². The summed E-state index contributed by atoms with van der Waals surface area (Å²) in [6.45, 7) is 1.96. The van der Waals surface area contributed by atoms with E-state index in [4.69, 9.17) is 0 Å². The summed E-state index contributed by atoms with van der Waals surface area (Å²) < 4.78 is 24.4. The van der Waals surface area contributed by atoms with Crippen LogP contribution >= 0.6 is 0 Å². The topological polar surface area (TPSA) is 34.1 Å². The van der Waals surface area contributed by atoms with Crippen molar-refractivity contribution in [1.82, 2.24) is 0 Å². The van der Waals surface area contributed by atoms with E-state index >= 15 is 0 Å². The first-order chi connectivity index (χ1) is 9.07. The highest BCUT2D eigenvalue weighted by molar-refractivity contribution is 7.90. The highest BCUT2D eigenvalue weighted by Crippen LogP contribution is 2.18. The molecule has 0 saturated heterocycles. The molecule has 2 aromatic rings. The van der Waals surface area contributed by atoms with Crippen LogP contribution in [0.1, 0.15) is 24.0 Å². The number of rotatable bonds is 5. The predicted molar refractivity (Wildman–Crippen MR) is 78.8 cm³/mol. The van der Waals surface area contributed by atoms with E-state index in [1.54, 1.807) is 0 Å². The van der Waals surface area contributed by atoms with Gasteiger partial charge in [-0.2, -0.15) is 0 Å². The fourth-order valence-corrected chi connectivity index (χ4v) is 3.92. The molecule has 0 amide bonds. The number of benzene rings is 2. The van der Waals surface area contributed by atoms with Gasteiger partial charge < -0.3 is 0 Å². The highest BCUT2D eigenvalue weighted by atomic mass is 32.2. The minimum absolute atomic E-state index is 0.0231. The van der Waals surface area contributed by atoms with Crippen LogP contribution in [-0.2, 0) is 15.6 Å². The average Bonchev–Trinajstić information content (AvgIpc) is 2.39. The van der Waals surface area contributed by atoms with Crippen molar-refractivity contribution < 1.29 is 8.42 Å². The second-order valence-electron chi connectivity index (χ2n) is 4.85. The molecule has 3 heteroatoms. The van der Waals surface area contributed by atoms with Crippen LogP contribution in [0.2, 0.25) is 0 Å². The maximum atomic E-state index is 12.2. The van der Waals surface area contributed by atoms with Crippen molar-refractivity contribution in [1.29, 1.82) is 0 Å². The smallest absolute Gasteiger partial charge is 0.155 e. The molecule has 2 aromatic carbocycles. The van der Waals surface area contributed by atoms with E-state index in [1.165, 1.54) is 0 Å². The van der Waals surface area contributed by atoms with E-state index in [0.29, 0.717) is 0 Å². The molecule has 0 bridgehead atoms. The SMILES string of the molecule is C[C@@H](CS(=O)(=O)Cc1ccccc1)c1ccccc1. The van der Waals surface area contributed by atoms with Gasteiger partial charge >= 0.3 is 0 Å². The highest BCUT2D eigenvalue weighted by Gasteiger charge is 2.17. The lowest BCUT2D eigenvalue weighted by atomic mass is 10.0. The summed E-state index contributed by atoms with van der Waals surface area (Å²) in [6.07, 6.45) is 0. The minimum atomic E-state index is -3.08. The Balaban J connectivity index is 2.06. The van der Waals surface area contributed by atoms with E-state index in [2.05, 4.69) is 0 Å². The molecule has 100 valence electrons. The zero-order chi connectivity index (χ0) is 13.7. The first-order valence-electron chi connectivity index (χ1n) is 6.36. The van der Waals surface area contributed by atoms with Gasteiger partial charge in [0.05, 0.1) is 11.5 Å². The molecule has 2 nitrogen and oxygen atoms in total. The molecule has 2 rings (SSSR count). The van der Waals surface area contributed by atoms with Gasteiger partial charge in [-0.3, -0.25) is 0 Å². The molecular formula is C16H18O2S. The molecule has 0 aliphatic carbocycles. The van der Waals surface area contributed by atoms with Crippen molar-refractivity contribution in [3.8, 4) is 0 Å². The molecule has 0 unspecified atom stereocenters. The Kier molecular flexibility index (Phi) is 4.38. The van der Waals surface area contributed by atoms with E-state index in [9.17, 15) is 8.42 Å². The van der Waals surface area contributed by atoms with Gasteiger partial charge in [-0.1, -0.05) is 67.6 Å². The lowest BCUT2D eigenvalue weighted by Crippen LogP contribution is -2.14. The molecule has 0 saturated carbocycles. The molecule has 0 aliphatic heterocycles. The summed E-state index contributed by atoms with van der Waals surface area (Å²) in [4.78, 5) is 0. The molecule has 0 fully saturated rings. The molecule has 19 heavy (non-hydrogen) atoms. The van der Waals surface area contributed by atoms with E-state index in [-0.39, 0.29) is 17.4 Å². The first kappa shape index (κ1) is 13.8. The summed E-state index contributed by atoms with van der Waals surface area (Å²) in [5.74, 6) is 0.326. The third-order valence-electron chi connectivity index (χ3n) is 3.10. The van der Waals surface area contributed by atoms with Crippen molar-refractivity contribution >= 4 is 9.84 Å². The van der Waals surface area contributed by atoms with Gasteiger partial charge in [0.1, 0.15) is 0 Å². The summed E-state index contributed by atoms with van der Waals surface area (Å²) in [7, 11) is -3.08. The standard InChI is InChI=1S/C16H18O2S/c1-14(16-10-6-3-7-11-16)12-19(17,18)13-15-8-4-2-5-9-15/h2-11,14H,12-13H2,1H3/t14-/m0/s1. The summed E-state index contributed by atoms with van der Waals surface area (Å²) >= 11 is 0. The largest absolute Gasteiger partial charge is 0.228 e. The molecule has 0 aromatic heterocycles. The molecule has 0 radical (unpaired) electrons. The van der Waals surface area contributed by atoms with Crippen molar-refractivity contribution in [3.05, 3.63) is 71.8 Å².